The SMILES string of the molecule is CCOC[C@@]1(O)CC[C@@H]2[C@H]3CC[C@]4(C)[C@@H](C(=O)Cn5nnnc5C)CC[C@H]4[C@@H]3CC[C@@]2(C)C1. The van der Waals surface area contributed by atoms with E-state index in [4.69, 9.17) is 4.74 Å². The molecule has 4 saturated carbocycles. The average Bonchev–Trinajstić information content (AvgIpc) is 3.33. The maximum atomic E-state index is 13.4. The van der Waals surface area contributed by atoms with Crippen LogP contribution in [0, 0.1) is 47.3 Å². The van der Waals surface area contributed by atoms with Gasteiger partial charge in [-0.1, -0.05) is 13.8 Å². The highest BCUT2D eigenvalue weighted by Gasteiger charge is 2.61. The molecule has 8 atom stereocenters. The van der Waals surface area contributed by atoms with E-state index < -0.39 is 5.60 Å². The van der Waals surface area contributed by atoms with Crippen LogP contribution in [0.25, 0.3) is 0 Å². The lowest BCUT2D eigenvalue weighted by atomic mass is 9.45. The van der Waals surface area contributed by atoms with E-state index in [-0.39, 0.29) is 16.7 Å². The fourth-order valence-electron chi connectivity index (χ4n) is 9.07. The van der Waals surface area contributed by atoms with E-state index in [1.165, 1.54) is 25.7 Å². The van der Waals surface area contributed by atoms with Crippen molar-refractivity contribution in [3.05, 3.63) is 5.82 Å². The van der Waals surface area contributed by atoms with Gasteiger partial charge in [0.2, 0.25) is 0 Å². The van der Waals surface area contributed by atoms with Crippen LogP contribution >= 0.6 is 0 Å². The van der Waals surface area contributed by atoms with E-state index in [1.807, 2.05) is 13.8 Å². The van der Waals surface area contributed by atoms with E-state index in [0.717, 1.165) is 43.9 Å². The second-order valence-corrected chi connectivity index (χ2v) is 12.3. The zero-order chi connectivity index (χ0) is 23.4. The lowest BCUT2D eigenvalue weighted by molar-refractivity contribution is -0.162. The Morgan fingerprint density at radius 2 is 1.85 bits per heavy atom. The van der Waals surface area contributed by atoms with E-state index in [2.05, 4.69) is 29.4 Å². The molecule has 4 aliphatic rings. The predicted octanol–water partition coefficient (Wildman–Crippen LogP) is 3.98. The molecule has 7 nitrogen and oxygen atoms in total. The molecule has 0 aromatic carbocycles. The molecule has 1 aromatic heterocycles. The van der Waals surface area contributed by atoms with Crippen molar-refractivity contribution in [2.75, 3.05) is 13.2 Å². The number of fused-ring (bicyclic) bond motifs is 5. The topological polar surface area (TPSA) is 90.1 Å². The molecule has 1 heterocycles. The molecule has 4 fully saturated rings. The van der Waals surface area contributed by atoms with Crippen LogP contribution in [0.3, 0.4) is 0 Å². The Bertz CT molecular complexity index is 889. The number of Topliss-reactive ketones (excluding diaryl/α,β-unsaturated/α-hetero) is 1. The van der Waals surface area contributed by atoms with Crippen molar-refractivity contribution in [1.29, 1.82) is 0 Å². The Morgan fingerprint density at radius 1 is 1.09 bits per heavy atom. The summed E-state index contributed by atoms with van der Waals surface area (Å²) < 4.78 is 7.32. The van der Waals surface area contributed by atoms with Gasteiger partial charge in [0.15, 0.2) is 5.78 Å². The summed E-state index contributed by atoms with van der Waals surface area (Å²) in [6, 6.07) is 0. The van der Waals surface area contributed by atoms with Crippen LogP contribution in [0.2, 0.25) is 0 Å². The Hall–Kier alpha value is -1.34. The van der Waals surface area contributed by atoms with Gasteiger partial charge in [-0.15, -0.1) is 5.10 Å². The molecule has 1 aromatic rings. The van der Waals surface area contributed by atoms with Gasteiger partial charge in [0.05, 0.1) is 12.2 Å². The van der Waals surface area contributed by atoms with Crippen molar-refractivity contribution < 1.29 is 14.6 Å². The minimum Gasteiger partial charge on any atom is -0.387 e. The lowest BCUT2D eigenvalue weighted by Gasteiger charge is -2.61. The van der Waals surface area contributed by atoms with E-state index >= 15 is 0 Å². The van der Waals surface area contributed by atoms with Gasteiger partial charge in [-0.3, -0.25) is 4.79 Å². The number of carbonyl (C=O) groups excluding carboxylic acids is 1. The molecule has 33 heavy (non-hydrogen) atoms. The quantitative estimate of drug-likeness (QED) is 0.694. The smallest absolute Gasteiger partial charge is 0.158 e. The maximum Gasteiger partial charge on any atom is 0.158 e. The largest absolute Gasteiger partial charge is 0.387 e. The minimum atomic E-state index is -0.656. The second kappa shape index (κ2) is 8.40. The van der Waals surface area contributed by atoms with Crippen LogP contribution in [0.1, 0.15) is 84.4 Å². The predicted molar refractivity (Wildman–Crippen MR) is 124 cm³/mol. The van der Waals surface area contributed by atoms with Crippen molar-refractivity contribution in [2.45, 2.75) is 97.6 Å². The minimum absolute atomic E-state index is 0.109. The number of hydrogen-bond acceptors (Lipinski definition) is 6. The Balaban J connectivity index is 1.30. The molecule has 7 heteroatoms. The normalized spacial score (nSPS) is 44.7. The molecular formula is C26H42N4O3. The number of ketones is 1. The summed E-state index contributed by atoms with van der Waals surface area (Å²) in [5.41, 5.74) is -0.334. The molecule has 5 rings (SSSR count). The van der Waals surface area contributed by atoms with Gasteiger partial charge in [-0.2, -0.15) is 0 Å². The van der Waals surface area contributed by atoms with Gasteiger partial charge >= 0.3 is 0 Å². The number of tetrazole rings is 1. The molecule has 0 spiro atoms. The highest BCUT2D eigenvalue weighted by molar-refractivity contribution is 5.82. The van der Waals surface area contributed by atoms with Crippen molar-refractivity contribution in [3.63, 3.8) is 0 Å². The summed E-state index contributed by atoms with van der Waals surface area (Å²) in [4.78, 5) is 13.4. The third-order valence-corrected chi connectivity index (χ3v) is 10.6. The van der Waals surface area contributed by atoms with Crippen LogP contribution in [0.4, 0.5) is 0 Å². The van der Waals surface area contributed by atoms with Crippen LogP contribution in [0.5, 0.6) is 0 Å². The average molecular weight is 459 g/mol. The molecule has 184 valence electrons. The Kier molecular flexibility index (Phi) is 5.96. The number of rotatable bonds is 6. The first kappa shape index (κ1) is 23.4. The Labute approximate surface area is 198 Å². The molecule has 0 radical (unpaired) electrons. The summed E-state index contributed by atoms with van der Waals surface area (Å²) >= 11 is 0. The van der Waals surface area contributed by atoms with Crippen LogP contribution in [-0.2, 0) is 16.1 Å². The van der Waals surface area contributed by atoms with Gasteiger partial charge in [-0.05, 0) is 117 Å². The first-order chi connectivity index (χ1) is 15.7. The third kappa shape index (κ3) is 3.87. The van der Waals surface area contributed by atoms with E-state index in [1.54, 1.807) is 4.68 Å². The van der Waals surface area contributed by atoms with Crippen LogP contribution < -0.4 is 0 Å². The molecule has 0 bridgehead atoms. The standard InChI is InChI=1S/C26H42N4O3/c1-5-33-16-26(32)13-10-20-18-9-12-25(4)21(19(18)8-11-24(20,3)15-26)6-7-22(25)23(31)14-30-17(2)27-28-29-30/h18-22,32H,5-16H2,1-4H3/t18-,19+,20+,21-,22+,24-,25-,26+/m0/s1. The summed E-state index contributed by atoms with van der Waals surface area (Å²) in [6.07, 6.45) is 9.88. The second-order valence-electron chi connectivity index (χ2n) is 12.3. The first-order valence-corrected chi connectivity index (χ1v) is 13.2. The monoisotopic (exact) mass is 458 g/mol. The number of nitrogens with zero attached hydrogens (tertiary/aromatic N) is 4. The molecule has 0 aliphatic heterocycles. The zero-order valence-corrected chi connectivity index (χ0v) is 20.9. The number of aryl methyl sites for hydroxylation is 1. The van der Waals surface area contributed by atoms with Crippen LogP contribution in [0.15, 0.2) is 0 Å². The van der Waals surface area contributed by atoms with Gasteiger partial charge in [0.1, 0.15) is 12.4 Å². The van der Waals surface area contributed by atoms with Crippen LogP contribution in [-0.4, -0.2) is 49.9 Å². The van der Waals surface area contributed by atoms with Gasteiger partial charge < -0.3 is 9.84 Å². The van der Waals surface area contributed by atoms with Gasteiger partial charge in [0, 0.05) is 12.5 Å². The van der Waals surface area contributed by atoms with Gasteiger partial charge in [0.25, 0.3) is 0 Å². The maximum absolute atomic E-state index is 13.4. The summed E-state index contributed by atoms with van der Waals surface area (Å²) in [7, 11) is 0. The molecule has 1 N–H and O–H groups in total. The van der Waals surface area contributed by atoms with Crippen molar-refractivity contribution in [2.24, 2.45) is 40.4 Å². The van der Waals surface area contributed by atoms with E-state index in [9.17, 15) is 9.90 Å². The Morgan fingerprint density at radius 3 is 2.58 bits per heavy atom. The number of carbonyl (C=O) groups is 1. The fourth-order valence-corrected chi connectivity index (χ4v) is 9.07. The lowest BCUT2D eigenvalue weighted by Crippen LogP contribution is -2.56. The molecule has 4 aliphatic carbocycles. The van der Waals surface area contributed by atoms with Crippen molar-refractivity contribution in [3.8, 4) is 0 Å². The number of aliphatic hydroxyl groups is 1. The molecule has 0 amide bonds. The number of aromatic nitrogens is 4. The third-order valence-electron chi connectivity index (χ3n) is 10.6. The molecule has 0 unspecified atom stereocenters. The van der Waals surface area contributed by atoms with E-state index in [0.29, 0.717) is 43.2 Å². The highest BCUT2D eigenvalue weighted by atomic mass is 16.5. The molecule has 0 saturated heterocycles. The zero-order valence-electron chi connectivity index (χ0n) is 20.9. The molecular weight excluding hydrogens is 416 g/mol. The van der Waals surface area contributed by atoms with Crippen molar-refractivity contribution in [1.82, 2.24) is 20.2 Å². The highest BCUT2D eigenvalue weighted by Crippen LogP contribution is 2.67. The fraction of sp³-hybridized carbons (Fsp3) is 0.923. The summed E-state index contributed by atoms with van der Waals surface area (Å²) in [6.45, 7) is 10.2. The van der Waals surface area contributed by atoms with Crippen molar-refractivity contribution >= 4 is 5.78 Å². The summed E-state index contributed by atoms with van der Waals surface area (Å²) in [5, 5.41) is 22.9. The number of hydrogen-bond donors (Lipinski definition) is 1. The van der Waals surface area contributed by atoms with Gasteiger partial charge in [-0.25, -0.2) is 4.68 Å². The summed E-state index contributed by atoms with van der Waals surface area (Å²) in [5.74, 6) is 3.97. The first-order valence-electron chi connectivity index (χ1n) is 13.2. The number of ether oxygens (including phenoxy) is 1.